The molecule has 1 fully saturated rings. The number of esters is 1. The highest BCUT2D eigenvalue weighted by molar-refractivity contribution is 6.30. The van der Waals surface area contributed by atoms with E-state index in [2.05, 4.69) is 12.2 Å². The molecule has 1 saturated carbocycles. The lowest BCUT2D eigenvalue weighted by molar-refractivity contribution is -0.153. The molecule has 7 heteroatoms. The van der Waals surface area contributed by atoms with Crippen LogP contribution in [0, 0.1) is 11.7 Å². The van der Waals surface area contributed by atoms with Crippen LogP contribution in [0.5, 0.6) is 5.75 Å². The van der Waals surface area contributed by atoms with Crippen molar-refractivity contribution >= 4 is 23.5 Å². The molecule has 132 valence electrons. The third-order valence-corrected chi connectivity index (χ3v) is 4.63. The van der Waals surface area contributed by atoms with Crippen molar-refractivity contribution in [2.24, 2.45) is 5.92 Å². The highest BCUT2D eigenvalue weighted by Crippen LogP contribution is 2.33. The number of rotatable bonds is 5. The van der Waals surface area contributed by atoms with E-state index in [1.165, 1.54) is 19.2 Å². The maximum atomic E-state index is 13.1. The highest BCUT2D eigenvalue weighted by Gasteiger charge is 2.43. The van der Waals surface area contributed by atoms with Gasteiger partial charge in [0.2, 0.25) is 0 Å². The van der Waals surface area contributed by atoms with Crippen LogP contribution >= 0.6 is 11.6 Å². The predicted molar refractivity (Wildman–Crippen MR) is 87.4 cm³/mol. The van der Waals surface area contributed by atoms with Gasteiger partial charge in [0.25, 0.3) is 5.91 Å². The van der Waals surface area contributed by atoms with Crippen LogP contribution in [0.2, 0.25) is 5.02 Å². The summed E-state index contributed by atoms with van der Waals surface area (Å²) in [6, 6.07) is 3.84. The average molecular weight is 358 g/mol. The van der Waals surface area contributed by atoms with Crippen molar-refractivity contribution < 1.29 is 23.5 Å². The Morgan fingerprint density at radius 3 is 2.62 bits per heavy atom. The molecule has 0 aliphatic heterocycles. The third kappa shape index (κ3) is 4.38. The molecule has 0 saturated heterocycles. The smallest absolute Gasteiger partial charge is 0.331 e. The fourth-order valence-electron chi connectivity index (χ4n) is 2.85. The molecule has 5 nitrogen and oxygen atoms in total. The summed E-state index contributed by atoms with van der Waals surface area (Å²) in [5.41, 5.74) is -0.998. The number of hydrogen-bond acceptors (Lipinski definition) is 4. The van der Waals surface area contributed by atoms with Gasteiger partial charge in [0.15, 0.2) is 6.61 Å². The number of benzene rings is 1. The van der Waals surface area contributed by atoms with Crippen molar-refractivity contribution in [2.75, 3.05) is 13.7 Å². The molecule has 1 aliphatic carbocycles. The summed E-state index contributed by atoms with van der Waals surface area (Å²) in [5, 5.41) is 2.67. The molecule has 2 rings (SSSR count). The van der Waals surface area contributed by atoms with Gasteiger partial charge in [0.1, 0.15) is 17.1 Å². The van der Waals surface area contributed by atoms with Crippen LogP contribution in [0.3, 0.4) is 0 Å². The van der Waals surface area contributed by atoms with E-state index < -0.39 is 23.2 Å². The van der Waals surface area contributed by atoms with Crippen LogP contribution in [-0.4, -0.2) is 31.1 Å². The molecule has 0 bridgehead atoms. The second-order valence-electron chi connectivity index (χ2n) is 6.17. The summed E-state index contributed by atoms with van der Waals surface area (Å²) in [5.74, 6) is -0.643. The molecule has 24 heavy (non-hydrogen) atoms. The molecule has 0 unspecified atom stereocenters. The Morgan fingerprint density at radius 1 is 1.38 bits per heavy atom. The summed E-state index contributed by atoms with van der Waals surface area (Å²) >= 11 is 5.66. The quantitative estimate of drug-likeness (QED) is 0.822. The van der Waals surface area contributed by atoms with Gasteiger partial charge >= 0.3 is 5.97 Å². The molecule has 0 atom stereocenters. The molecule has 0 heterocycles. The maximum Gasteiger partial charge on any atom is 0.331 e. The molecule has 1 amide bonds. The fourth-order valence-corrected chi connectivity index (χ4v) is 3.02. The van der Waals surface area contributed by atoms with E-state index >= 15 is 0 Å². The molecule has 1 aromatic carbocycles. The molecule has 1 aromatic rings. The third-order valence-electron chi connectivity index (χ3n) is 4.34. The van der Waals surface area contributed by atoms with E-state index in [9.17, 15) is 14.0 Å². The number of ether oxygens (including phenoxy) is 2. The van der Waals surface area contributed by atoms with Gasteiger partial charge in [0.05, 0.1) is 12.1 Å². The standard InChI is InChI=1S/C17H21ClFNO4/c1-11-5-7-17(8-6-11,16(22)23-2)20-15(21)10-24-12-3-4-14(19)13(18)9-12/h3-4,9,11H,5-8,10H2,1-2H3,(H,20,21). The SMILES string of the molecule is COC(=O)C1(NC(=O)COc2ccc(F)c(Cl)c2)CCC(C)CC1. The summed E-state index contributed by atoms with van der Waals surface area (Å²) in [6.45, 7) is 1.82. The molecule has 0 radical (unpaired) electrons. The van der Waals surface area contributed by atoms with E-state index in [-0.39, 0.29) is 17.4 Å². The van der Waals surface area contributed by atoms with Gasteiger partial charge in [-0.2, -0.15) is 0 Å². The first kappa shape index (κ1) is 18.5. The first-order valence-corrected chi connectivity index (χ1v) is 8.21. The average Bonchev–Trinajstić information content (AvgIpc) is 2.57. The van der Waals surface area contributed by atoms with E-state index in [0.29, 0.717) is 18.8 Å². The van der Waals surface area contributed by atoms with Gasteiger partial charge < -0.3 is 14.8 Å². The number of methoxy groups -OCH3 is 1. The summed E-state index contributed by atoms with van der Waals surface area (Å²) in [4.78, 5) is 24.3. The van der Waals surface area contributed by atoms with E-state index in [1.54, 1.807) is 0 Å². The number of amides is 1. The van der Waals surface area contributed by atoms with Crippen LogP contribution in [0.25, 0.3) is 0 Å². The van der Waals surface area contributed by atoms with Gasteiger partial charge in [-0.25, -0.2) is 9.18 Å². The Kier molecular flexibility index (Phi) is 6.04. The molecule has 1 N–H and O–H groups in total. The maximum absolute atomic E-state index is 13.1. The second kappa shape index (κ2) is 7.83. The number of hydrogen-bond donors (Lipinski definition) is 1. The van der Waals surface area contributed by atoms with Crippen molar-refractivity contribution in [3.63, 3.8) is 0 Å². The predicted octanol–water partition coefficient (Wildman–Crippen LogP) is 3.10. The zero-order chi connectivity index (χ0) is 17.7. The van der Waals surface area contributed by atoms with Crippen molar-refractivity contribution in [1.82, 2.24) is 5.32 Å². The first-order valence-electron chi connectivity index (χ1n) is 7.83. The van der Waals surface area contributed by atoms with Crippen molar-refractivity contribution in [3.8, 4) is 5.75 Å². The van der Waals surface area contributed by atoms with Crippen LogP contribution in [0.15, 0.2) is 18.2 Å². The van der Waals surface area contributed by atoms with Crippen LogP contribution in [0.1, 0.15) is 32.6 Å². The minimum absolute atomic E-state index is 0.0831. The Labute approximate surface area is 145 Å². The highest BCUT2D eigenvalue weighted by atomic mass is 35.5. The van der Waals surface area contributed by atoms with Crippen LogP contribution in [0.4, 0.5) is 4.39 Å². The molecular formula is C17H21ClFNO4. The largest absolute Gasteiger partial charge is 0.484 e. The molecule has 1 aliphatic rings. The summed E-state index contributed by atoms with van der Waals surface area (Å²) < 4.78 is 23.3. The van der Waals surface area contributed by atoms with Gasteiger partial charge in [-0.1, -0.05) is 18.5 Å². The minimum Gasteiger partial charge on any atom is -0.484 e. The van der Waals surface area contributed by atoms with Crippen molar-refractivity contribution in [1.29, 1.82) is 0 Å². The zero-order valence-electron chi connectivity index (χ0n) is 13.7. The molecule has 0 spiro atoms. The zero-order valence-corrected chi connectivity index (χ0v) is 14.5. The van der Waals surface area contributed by atoms with Crippen LogP contribution < -0.4 is 10.1 Å². The van der Waals surface area contributed by atoms with Crippen molar-refractivity contribution in [2.45, 2.75) is 38.1 Å². The topological polar surface area (TPSA) is 64.6 Å². The molecular weight excluding hydrogens is 337 g/mol. The Morgan fingerprint density at radius 2 is 2.04 bits per heavy atom. The van der Waals surface area contributed by atoms with E-state index in [1.807, 2.05) is 0 Å². The van der Waals surface area contributed by atoms with Gasteiger partial charge in [0, 0.05) is 6.07 Å². The Balaban J connectivity index is 1.97. The fraction of sp³-hybridized carbons (Fsp3) is 0.529. The monoisotopic (exact) mass is 357 g/mol. The first-order chi connectivity index (χ1) is 11.4. The number of carbonyl (C=O) groups is 2. The Hall–Kier alpha value is -1.82. The summed E-state index contributed by atoms with van der Waals surface area (Å²) in [7, 11) is 1.31. The minimum atomic E-state index is -0.998. The van der Waals surface area contributed by atoms with Gasteiger partial charge in [-0.3, -0.25) is 4.79 Å². The van der Waals surface area contributed by atoms with Gasteiger partial charge in [-0.05, 0) is 43.7 Å². The van der Waals surface area contributed by atoms with E-state index in [4.69, 9.17) is 21.1 Å². The normalized spacial score (nSPS) is 23.4. The number of carbonyl (C=O) groups excluding carboxylic acids is 2. The number of halogens is 2. The van der Waals surface area contributed by atoms with Gasteiger partial charge in [-0.15, -0.1) is 0 Å². The van der Waals surface area contributed by atoms with Crippen LogP contribution in [-0.2, 0) is 14.3 Å². The lowest BCUT2D eigenvalue weighted by Gasteiger charge is -2.37. The lowest BCUT2D eigenvalue weighted by atomic mass is 9.77. The Bertz CT molecular complexity index is 615. The number of nitrogens with one attached hydrogen (secondary N) is 1. The summed E-state index contributed by atoms with van der Waals surface area (Å²) in [6.07, 6.45) is 2.75. The lowest BCUT2D eigenvalue weighted by Crippen LogP contribution is -2.57. The molecule has 0 aromatic heterocycles. The van der Waals surface area contributed by atoms with E-state index in [0.717, 1.165) is 18.9 Å². The second-order valence-corrected chi connectivity index (χ2v) is 6.58. The van der Waals surface area contributed by atoms with Crippen molar-refractivity contribution in [3.05, 3.63) is 29.0 Å².